The van der Waals surface area contributed by atoms with Crippen molar-refractivity contribution in [1.29, 1.82) is 0 Å². The summed E-state index contributed by atoms with van der Waals surface area (Å²) in [5, 5.41) is 0. The van der Waals surface area contributed by atoms with Gasteiger partial charge in [0.1, 0.15) is 0 Å². The van der Waals surface area contributed by atoms with Crippen LogP contribution < -0.4 is 0 Å². The molecule has 0 aliphatic carbocycles. The first-order chi connectivity index (χ1) is 5.38. The van der Waals surface area contributed by atoms with Crippen LogP contribution in [0.15, 0.2) is 24.4 Å². The number of rotatable bonds is 3. The third-order valence-corrected chi connectivity index (χ3v) is 1.59. The van der Waals surface area contributed by atoms with Gasteiger partial charge < -0.3 is 4.74 Å². The second kappa shape index (κ2) is 4.09. The average Bonchev–Trinajstić information content (AvgIpc) is 2.09. The van der Waals surface area contributed by atoms with E-state index in [0.29, 0.717) is 0 Å². The fourth-order valence-corrected chi connectivity index (χ4v) is 0.979. The summed E-state index contributed by atoms with van der Waals surface area (Å²) in [5.41, 5.74) is 0.949. The van der Waals surface area contributed by atoms with Crippen LogP contribution in [0.4, 0.5) is 0 Å². The highest BCUT2D eigenvalue weighted by Crippen LogP contribution is 2.16. The minimum Gasteiger partial charge on any atom is -0.370 e. The van der Waals surface area contributed by atoms with Crippen molar-refractivity contribution in [1.82, 2.24) is 4.98 Å². The first-order valence-electron chi connectivity index (χ1n) is 3.70. The molecule has 0 amide bonds. The third kappa shape index (κ3) is 2.02. The highest BCUT2D eigenvalue weighted by molar-refractivity contribution is 5.06. The van der Waals surface area contributed by atoms with E-state index in [-0.39, 0.29) is 6.10 Å². The molecule has 0 spiro atoms. The second-order valence-corrected chi connectivity index (χ2v) is 2.32. The molecular formula is C9H12NO. The lowest BCUT2D eigenvalue weighted by molar-refractivity contribution is 0.132. The number of hydrogen-bond donors (Lipinski definition) is 0. The van der Waals surface area contributed by atoms with Crippen LogP contribution in [0.3, 0.4) is 0 Å². The second-order valence-electron chi connectivity index (χ2n) is 2.32. The molecule has 0 aromatic carbocycles. The average molecular weight is 150 g/mol. The Morgan fingerprint density at radius 2 is 2.45 bits per heavy atom. The van der Waals surface area contributed by atoms with Gasteiger partial charge in [0.05, 0.1) is 18.9 Å². The van der Waals surface area contributed by atoms with E-state index in [1.807, 2.05) is 25.1 Å². The van der Waals surface area contributed by atoms with Gasteiger partial charge in [0.15, 0.2) is 0 Å². The fraction of sp³-hybridized carbons (Fsp3) is 0.333. The molecule has 1 unspecified atom stereocenters. The number of hydrogen-bond acceptors (Lipinski definition) is 2. The van der Waals surface area contributed by atoms with Crippen molar-refractivity contribution >= 4 is 0 Å². The van der Waals surface area contributed by atoms with Gasteiger partial charge in [-0.25, -0.2) is 0 Å². The first kappa shape index (κ1) is 8.21. The smallest absolute Gasteiger partial charge is 0.0993 e. The summed E-state index contributed by atoms with van der Waals surface area (Å²) < 4.78 is 4.97. The van der Waals surface area contributed by atoms with Crippen LogP contribution in [0.5, 0.6) is 0 Å². The largest absolute Gasteiger partial charge is 0.370 e. The van der Waals surface area contributed by atoms with Crippen LogP contribution in [0, 0.1) is 7.11 Å². The monoisotopic (exact) mass is 150 g/mol. The van der Waals surface area contributed by atoms with E-state index >= 15 is 0 Å². The Kier molecular flexibility index (Phi) is 3.05. The summed E-state index contributed by atoms with van der Waals surface area (Å²) in [6.07, 6.45) is 2.70. The lowest BCUT2D eigenvalue weighted by atomic mass is 10.2. The molecule has 0 bridgehead atoms. The Bertz CT molecular complexity index is 194. The summed E-state index contributed by atoms with van der Waals surface area (Å²) in [7, 11) is 3.39. The lowest BCUT2D eigenvalue weighted by Gasteiger charge is -2.10. The Labute approximate surface area is 67.2 Å². The lowest BCUT2D eigenvalue weighted by Crippen LogP contribution is -2.00. The molecule has 1 heterocycles. The predicted octanol–water partition coefficient (Wildman–Crippen LogP) is 2.34. The van der Waals surface area contributed by atoms with Crippen LogP contribution in [0.1, 0.15) is 25.1 Å². The Morgan fingerprint density at radius 3 is 2.91 bits per heavy atom. The third-order valence-electron chi connectivity index (χ3n) is 1.59. The van der Waals surface area contributed by atoms with Gasteiger partial charge in [-0.1, -0.05) is 13.0 Å². The van der Waals surface area contributed by atoms with E-state index in [1.165, 1.54) is 0 Å². The van der Waals surface area contributed by atoms with Gasteiger partial charge in [-0.2, -0.15) is 0 Å². The van der Waals surface area contributed by atoms with E-state index in [1.54, 1.807) is 6.20 Å². The zero-order valence-electron chi connectivity index (χ0n) is 6.66. The Morgan fingerprint density at radius 1 is 1.64 bits per heavy atom. The molecule has 0 fully saturated rings. The van der Waals surface area contributed by atoms with Crippen molar-refractivity contribution in [2.45, 2.75) is 19.4 Å². The number of ether oxygens (including phenoxy) is 1. The fourth-order valence-electron chi connectivity index (χ4n) is 0.979. The summed E-state index contributed by atoms with van der Waals surface area (Å²) in [4.78, 5) is 4.16. The van der Waals surface area contributed by atoms with Gasteiger partial charge in [0.2, 0.25) is 0 Å². The minimum absolute atomic E-state index is 0.0381. The van der Waals surface area contributed by atoms with Gasteiger partial charge in [-0.05, 0) is 18.6 Å². The standard InChI is InChI=1S/C9H12NO/c1-3-9(11-2)8-6-4-5-7-10-8/h4-7,9H,2-3H2,1H3. The molecule has 0 N–H and O–H groups in total. The van der Waals surface area contributed by atoms with E-state index in [2.05, 4.69) is 12.1 Å². The molecule has 0 aliphatic rings. The van der Waals surface area contributed by atoms with Crippen molar-refractivity contribution in [3.05, 3.63) is 37.2 Å². The molecule has 1 aromatic heterocycles. The maximum Gasteiger partial charge on any atom is 0.0993 e. The van der Waals surface area contributed by atoms with Crippen molar-refractivity contribution in [2.75, 3.05) is 0 Å². The van der Waals surface area contributed by atoms with Crippen molar-refractivity contribution in [3.63, 3.8) is 0 Å². The number of nitrogens with zero attached hydrogens (tertiary/aromatic N) is 1. The topological polar surface area (TPSA) is 22.1 Å². The van der Waals surface area contributed by atoms with Gasteiger partial charge in [-0.15, -0.1) is 0 Å². The number of aromatic nitrogens is 1. The number of pyridine rings is 1. The van der Waals surface area contributed by atoms with E-state index in [0.717, 1.165) is 12.1 Å². The Hall–Kier alpha value is -0.890. The van der Waals surface area contributed by atoms with E-state index < -0.39 is 0 Å². The molecule has 1 radical (unpaired) electrons. The normalized spacial score (nSPS) is 12.9. The minimum atomic E-state index is 0.0381. The zero-order chi connectivity index (χ0) is 8.10. The van der Waals surface area contributed by atoms with Crippen LogP contribution in [-0.2, 0) is 4.74 Å². The summed E-state index contributed by atoms with van der Waals surface area (Å²) in [5.74, 6) is 0. The summed E-state index contributed by atoms with van der Waals surface area (Å²) in [6, 6.07) is 5.78. The highest BCUT2D eigenvalue weighted by atomic mass is 16.5. The molecule has 2 heteroatoms. The molecule has 1 rings (SSSR count). The molecule has 1 aromatic rings. The van der Waals surface area contributed by atoms with Gasteiger partial charge in [-0.3, -0.25) is 4.98 Å². The predicted molar refractivity (Wildman–Crippen MR) is 43.7 cm³/mol. The van der Waals surface area contributed by atoms with Crippen LogP contribution in [-0.4, -0.2) is 4.98 Å². The molecule has 0 saturated carbocycles. The van der Waals surface area contributed by atoms with Gasteiger partial charge in [0.25, 0.3) is 0 Å². The van der Waals surface area contributed by atoms with Crippen LogP contribution in [0.2, 0.25) is 0 Å². The Balaban J connectivity index is 2.74. The van der Waals surface area contributed by atoms with Crippen LogP contribution >= 0.6 is 0 Å². The zero-order valence-corrected chi connectivity index (χ0v) is 6.66. The molecule has 59 valence electrons. The molecule has 11 heavy (non-hydrogen) atoms. The maximum atomic E-state index is 4.97. The van der Waals surface area contributed by atoms with Gasteiger partial charge >= 0.3 is 0 Å². The molecule has 0 saturated heterocycles. The first-order valence-corrected chi connectivity index (χ1v) is 3.70. The van der Waals surface area contributed by atoms with Gasteiger partial charge in [0, 0.05) is 6.20 Å². The maximum absolute atomic E-state index is 4.97. The molecular weight excluding hydrogens is 138 g/mol. The summed E-state index contributed by atoms with van der Waals surface area (Å²) >= 11 is 0. The van der Waals surface area contributed by atoms with Crippen molar-refractivity contribution in [2.24, 2.45) is 0 Å². The van der Waals surface area contributed by atoms with E-state index in [9.17, 15) is 0 Å². The molecule has 1 atom stereocenters. The van der Waals surface area contributed by atoms with Crippen molar-refractivity contribution in [3.8, 4) is 0 Å². The SMILES string of the molecule is [CH2]OC(CC)c1ccccn1. The summed E-state index contributed by atoms with van der Waals surface area (Å²) in [6.45, 7) is 2.05. The quantitative estimate of drug-likeness (QED) is 0.659. The van der Waals surface area contributed by atoms with E-state index in [4.69, 9.17) is 4.74 Å². The highest BCUT2D eigenvalue weighted by Gasteiger charge is 2.06. The molecule has 0 aliphatic heterocycles. The molecule has 2 nitrogen and oxygen atoms in total. The van der Waals surface area contributed by atoms with Crippen LogP contribution in [0.25, 0.3) is 0 Å². The van der Waals surface area contributed by atoms with Crippen molar-refractivity contribution < 1.29 is 4.74 Å².